The lowest BCUT2D eigenvalue weighted by molar-refractivity contribution is -0.141. The second-order valence-corrected chi connectivity index (χ2v) is 6.77. The molecule has 1 heterocycles. The van der Waals surface area contributed by atoms with Crippen molar-refractivity contribution in [2.45, 2.75) is 32.7 Å². The van der Waals surface area contributed by atoms with Crippen molar-refractivity contribution in [3.63, 3.8) is 0 Å². The Kier molecular flexibility index (Phi) is 6.79. The molecule has 1 aromatic rings. The highest BCUT2D eigenvalue weighted by Crippen LogP contribution is 2.35. The molecule has 5 nitrogen and oxygen atoms in total. The average molecular weight is 332 g/mol. The van der Waals surface area contributed by atoms with Crippen molar-refractivity contribution in [1.82, 2.24) is 10.2 Å². The molecule has 1 N–H and O–H groups in total. The predicted octanol–water partition coefficient (Wildman–Crippen LogP) is 2.38. The SMILES string of the molecule is CC(C)COCCNC(=O)[C@H]1CCC(=O)N(C)[C@H]1c1ccccc1. The van der Waals surface area contributed by atoms with Gasteiger partial charge in [-0.1, -0.05) is 44.2 Å². The van der Waals surface area contributed by atoms with Crippen LogP contribution in [0.3, 0.4) is 0 Å². The van der Waals surface area contributed by atoms with Crippen LogP contribution in [0.2, 0.25) is 0 Å². The third-order valence-electron chi connectivity index (χ3n) is 4.34. The number of piperidine rings is 1. The van der Waals surface area contributed by atoms with Crippen LogP contribution < -0.4 is 5.32 Å². The molecule has 1 aliphatic rings. The van der Waals surface area contributed by atoms with Crippen molar-refractivity contribution in [3.05, 3.63) is 35.9 Å². The van der Waals surface area contributed by atoms with Crippen LogP contribution in [-0.4, -0.2) is 43.5 Å². The Labute approximate surface area is 144 Å². The number of hydrogen-bond donors (Lipinski definition) is 1. The van der Waals surface area contributed by atoms with Crippen LogP contribution in [0.25, 0.3) is 0 Å². The summed E-state index contributed by atoms with van der Waals surface area (Å²) in [6.45, 7) is 5.90. The highest BCUT2D eigenvalue weighted by atomic mass is 16.5. The molecule has 132 valence electrons. The van der Waals surface area contributed by atoms with Crippen molar-refractivity contribution in [2.75, 3.05) is 26.8 Å². The predicted molar refractivity (Wildman–Crippen MR) is 93.3 cm³/mol. The van der Waals surface area contributed by atoms with Crippen LogP contribution in [0, 0.1) is 11.8 Å². The molecule has 2 atom stereocenters. The van der Waals surface area contributed by atoms with Crippen LogP contribution in [0.15, 0.2) is 30.3 Å². The minimum absolute atomic E-state index is 0.00338. The van der Waals surface area contributed by atoms with Gasteiger partial charge in [-0.3, -0.25) is 9.59 Å². The number of ether oxygens (including phenoxy) is 1. The van der Waals surface area contributed by atoms with E-state index in [0.29, 0.717) is 38.5 Å². The number of benzene rings is 1. The molecule has 5 heteroatoms. The van der Waals surface area contributed by atoms with E-state index in [0.717, 1.165) is 5.56 Å². The summed E-state index contributed by atoms with van der Waals surface area (Å²) in [4.78, 5) is 26.4. The molecule has 2 rings (SSSR count). The van der Waals surface area contributed by atoms with E-state index in [1.165, 1.54) is 0 Å². The second-order valence-electron chi connectivity index (χ2n) is 6.77. The third-order valence-corrected chi connectivity index (χ3v) is 4.34. The monoisotopic (exact) mass is 332 g/mol. The zero-order valence-electron chi connectivity index (χ0n) is 14.8. The summed E-state index contributed by atoms with van der Waals surface area (Å²) in [5.74, 6) is 0.353. The van der Waals surface area contributed by atoms with E-state index in [1.807, 2.05) is 30.3 Å². The van der Waals surface area contributed by atoms with E-state index in [-0.39, 0.29) is 23.8 Å². The fraction of sp³-hybridized carbons (Fsp3) is 0.579. The zero-order chi connectivity index (χ0) is 17.5. The molecule has 1 saturated heterocycles. The highest BCUT2D eigenvalue weighted by Gasteiger charge is 2.38. The Bertz CT molecular complexity index is 545. The molecular weight excluding hydrogens is 304 g/mol. The Morgan fingerprint density at radius 2 is 2.04 bits per heavy atom. The molecule has 1 fully saturated rings. The average Bonchev–Trinajstić information content (AvgIpc) is 2.57. The molecule has 24 heavy (non-hydrogen) atoms. The maximum Gasteiger partial charge on any atom is 0.225 e. The first-order valence-electron chi connectivity index (χ1n) is 8.66. The van der Waals surface area contributed by atoms with Crippen LogP contribution in [-0.2, 0) is 14.3 Å². The van der Waals surface area contributed by atoms with Gasteiger partial charge >= 0.3 is 0 Å². The van der Waals surface area contributed by atoms with Gasteiger partial charge in [-0.05, 0) is 17.9 Å². The Morgan fingerprint density at radius 3 is 2.71 bits per heavy atom. The van der Waals surface area contributed by atoms with Crippen molar-refractivity contribution < 1.29 is 14.3 Å². The maximum atomic E-state index is 12.6. The molecule has 0 spiro atoms. The Morgan fingerprint density at radius 1 is 1.33 bits per heavy atom. The third kappa shape index (κ3) is 4.81. The van der Waals surface area contributed by atoms with Crippen molar-refractivity contribution >= 4 is 11.8 Å². The number of amides is 2. The lowest BCUT2D eigenvalue weighted by Gasteiger charge is -2.38. The van der Waals surface area contributed by atoms with Crippen molar-refractivity contribution in [3.8, 4) is 0 Å². The first-order chi connectivity index (χ1) is 11.5. The molecule has 0 aromatic heterocycles. The van der Waals surface area contributed by atoms with Gasteiger partial charge in [0.1, 0.15) is 0 Å². The second kappa shape index (κ2) is 8.83. The highest BCUT2D eigenvalue weighted by molar-refractivity contribution is 5.84. The fourth-order valence-corrected chi connectivity index (χ4v) is 3.12. The van der Waals surface area contributed by atoms with Crippen LogP contribution in [0.1, 0.15) is 38.3 Å². The number of hydrogen-bond acceptors (Lipinski definition) is 3. The van der Waals surface area contributed by atoms with Gasteiger partial charge in [-0.2, -0.15) is 0 Å². The summed E-state index contributed by atoms with van der Waals surface area (Å²) in [6, 6.07) is 9.57. The van der Waals surface area contributed by atoms with E-state index >= 15 is 0 Å². The van der Waals surface area contributed by atoms with Gasteiger partial charge in [0.25, 0.3) is 0 Å². The standard InChI is InChI=1S/C19H28N2O3/c1-14(2)13-24-12-11-20-19(23)16-9-10-17(22)21(3)18(16)15-7-5-4-6-8-15/h4-8,14,16,18H,9-13H2,1-3H3,(H,20,23)/t16-,18-/m0/s1. The minimum Gasteiger partial charge on any atom is -0.379 e. The van der Waals surface area contributed by atoms with Gasteiger partial charge in [0.2, 0.25) is 11.8 Å². The number of rotatable bonds is 7. The first kappa shape index (κ1) is 18.5. The van der Waals surface area contributed by atoms with Gasteiger partial charge in [-0.15, -0.1) is 0 Å². The van der Waals surface area contributed by atoms with Gasteiger partial charge in [0.15, 0.2) is 0 Å². The fourth-order valence-electron chi connectivity index (χ4n) is 3.12. The maximum absolute atomic E-state index is 12.6. The Balaban J connectivity index is 1.98. The molecule has 0 radical (unpaired) electrons. The number of carbonyl (C=O) groups excluding carboxylic acids is 2. The quantitative estimate of drug-likeness (QED) is 0.780. The van der Waals surface area contributed by atoms with Crippen molar-refractivity contribution in [2.24, 2.45) is 11.8 Å². The van der Waals surface area contributed by atoms with Gasteiger partial charge in [0.05, 0.1) is 18.6 Å². The number of carbonyl (C=O) groups is 2. The molecule has 0 saturated carbocycles. The summed E-state index contributed by atoms with van der Waals surface area (Å²) in [6.07, 6.45) is 1.00. The smallest absolute Gasteiger partial charge is 0.225 e. The first-order valence-corrected chi connectivity index (χ1v) is 8.66. The summed E-state index contributed by atoms with van der Waals surface area (Å²) >= 11 is 0. The van der Waals surface area contributed by atoms with Crippen molar-refractivity contribution in [1.29, 1.82) is 0 Å². The normalized spacial score (nSPS) is 21.2. The van der Waals surface area contributed by atoms with E-state index < -0.39 is 0 Å². The molecular formula is C19H28N2O3. The summed E-state index contributed by atoms with van der Waals surface area (Å²) < 4.78 is 5.50. The van der Waals surface area contributed by atoms with Gasteiger partial charge < -0.3 is 15.0 Å². The lowest BCUT2D eigenvalue weighted by atomic mass is 9.84. The molecule has 0 bridgehead atoms. The molecule has 0 unspecified atom stereocenters. The van der Waals surface area contributed by atoms with Crippen LogP contribution in [0.4, 0.5) is 0 Å². The van der Waals surface area contributed by atoms with Gasteiger partial charge in [-0.25, -0.2) is 0 Å². The molecule has 2 amide bonds. The van der Waals surface area contributed by atoms with E-state index in [4.69, 9.17) is 4.74 Å². The lowest BCUT2D eigenvalue weighted by Crippen LogP contribution is -2.46. The number of nitrogens with one attached hydrogen (secondary N) is 1. The summed E-state index contributed by atoms with van der Waals surface area (Å²) in [5, 5.41) is 2.96. The summed E-state index contributed by atoms with van der Waals surface area (Å²) in [5.41, 5.74) is 1.00. The number of likely N-dealkylation sites (tertiary alicyclic amines) is 1. The Hall–Kier alpha value is -1.88. The largest absolute Gasteiger partial charge is 0.379 e. The minimum atomic E-state index is -0.222. The van der Waals surface area contributed by atoms with Crippen LogP contribution in [0.5, 0.6) is 0 Å². The molecule has 0 aliphatic carbocycles. The van der Waals surface area contributed by atoms with E-state index in [1.54, 1.807) is 11.9 Å². The topological polar surface area (TPSA) is 58.6 Å². The number of nitrogens with zero attached hydrogens (tertiary/aromatic N) is 1. The summed E-state index contributed by atoms with van der Waals surface area (Å²) in [7, 11) is 1.78. The zero-order valence-corrected chi connectivity index (χ0v) is 14.8. The van der Waals surface area contributed by atoms with Gasteiger partial charge in [0, 0.05) is 26.6 Å². The van der Waals surface area contributed by atoms with E-state index in [2.05, 4.69) is 19.2 Å². The van der Waals surface area contributed by atoms with E-state index in [9.17, 15) is 9.59 Å². The van der Waals surface area contributed by atoms with Crippen LogP contribution >= 0.6 is 0 Å². The molecule has 1 aromatic carbocycles. The molecule has 1 aliphatic heterocycles.